The molecule has 1 atom stereocenters. The third-order valence-corrected chi connectivity index (χ3v) is 5.20. The Bertz CT molecular complexity index is 680. The van der Waals surface area contributed by atoms with Gasteiger partial charge in [-0.2, -0.15) is 0 Å². The monoisotopic (exact) mass is 361 g/mol. The van der Waals surface area contributed by atoms with Crippen LogP contribution in [0.3, 0.4) is 0 Å². The summed E-state index contributed by atoms with van der Waals surface area (Å²) >= 11 is 1.54. The van der Waals surface area contributed by atoms with Crippen molar-refractivity contribution in [1.82, 2.24) is 15.5 Å². The molecule has 1 N–H and O–H groups in total. The molecule has 0 saturated heterocycles. The minimum absolute atomic E-state index is 0.0571. The Morgan fingerprint density at radius 2 is 2.16 bits per heavy atom. The fourth-order valence-electron chi connectivity index (χ4n) is 2.60. The maximum atomic E-state index is 12.6. The van der Waals surface area contributed by atoms with Crippen LogP contribution in [0, 0.1) is 13.8 Å². The zero-order chi connectivity index (χ0) is 18.2. The minimum atomic E-state index is -0.0571. The first-order valence-corrected chi connectivity index (χ1v) is 9.81. The predicted octanol–water partition coefficient (Wildman–Crippen LogP) is 4.68. The molecule has 2 aromatic heterocycles. The summed E-state index contributed by atoms with van der Waals surface area (Å²) < 4.78 is 5.20. The molecular weight excluding hydrogens is 334 g/mol. The first kappa shape index (κ1) is 19.5. The Balaban J connectivity index is 2.00. The SMILES string of the molecule is CCCCC[C@@H](C)NC(=O)c1cccnc1SCc1c(C)noc1C. The summed E-state index contributed by atoms with van der Waals surface area (Å²) in [5, 5.41) is 7.80. The molecule has 0 aliphatic heterocycles. The second kappa shape index (κ2) is 9.61. The van der Waals surface area contributed by atoms with Crippen molar-refractivity contribution in [2.45, 2.75) is 70.2 Å². The molecule has 0 saturated carbocycles. The summed E-state index contributed by atoms with van der Waals surface area (Å²) in [5.74, 6) is 1.44. The lowest BCUT2D eigenvalue weighted by molar-refractivity contribution is 0.0934. The fraction of sp³-hybridized carbons (Fsp3) is 0.526. The summed E-state index contributed by atoms with van der Waals surface area (Å²) in [6.07, 6.45) is 6.24. The first-order valence-electron chi connectivity index (χ1n) is 8.83. The molecular formula is C19H27N3O2S. The minimum Gasteiger partial charge on any atom is -0.361 e. The van der Waals surface area contributed by atoms with E-state index in [1.807, 2.05) is 19.9 Å². The lowest BCUT2D eigenvalue weighted by Gasteiger charge is -2.15. The normalized spacial score (nSPS) is 12.2. The van der Waals surface area contributed by atoms with Gasteiger partial charge in [0.1, 0.15) is 10.8 Å². The lowest BCUT2D eigenvalue weighted by Crippen LogP contribution is -2.32. The molecule has 0 fully saturated rings. The summed E-state index contributed by atoms with van der Waals surface area (Å²) in [5.41, 5.74) is 2.58. The van der Waals surface area contributed by atoms with Crippen molar-refractivity contribution in [2.24, 2.45) is 0 Å². The van der Waals surface area contributed by atoms with Crippen molar-refractivity contribution in [2.75, 3.05) is 0 Å². The first-order chi connectivity index (χ1) is 12.0. The van der Waals surface area contributed by atoms with Crippen molar-refractivity contribution in [3.63, 3.8) is 0 Å². The second-order valence-electron chi connectivity index (χ2n) is 6.32. The van der Waals surface area contributed by atoms with Gasteiger partial charge in [0.25, 0.3) is 5.91 Å². The Morgan fingerprint density at radius 1 is 1.36 bits per heavy atom. The smallest absolute Gasteiger partial charge is 0.254 e. The third-order valence-electron chi connectivity index (χ3n) is 4.17. The number of carbonyl (C=O) groups is 1. The van der Waals surface area contributed by atoms with Gasteiger partial charge in [0, 0.05) is 23.6 Å². The number of unbranched alkanes of at least 4 members (excludes halogenated alkanes) is 2. The molecule has 0 radical (unpaired) electrons. The molecule has 2 heterocycles. The molecule has 25 heavy (non-hydrogen) atoms. The van der Waals surface area contributed by atoms with E-state index in [2.05, 4.69) is 29.3 Å². The molecule has 136 valence electrons. The van der Waals surface area contributed by atoms with Crippen molar-refractivity contribution < 1.29 is 9.32 Å². The van der Waals surface area contributed by atoms with Crippen LogP contribution in [0.1, 0.15) is 66.9 Å². The molecule has 2 rings (SSSR count). The Hall–Kier alpha value is -1.82. The average Bonchev–Trinajstić information content (AvgIpc) is 2.91. The molecule has 1 amide bonds. The van der Waals surface area contributed by atoms with Gasteiger partial charge in [-0.3, -0.25) is 4.79 Å². The van der Waals surface area contributed by atoms with Crippen LogP contribution in [-0.2, 0) is 5.75 Å². The highest BCUT2D eigenvalue weighted by Gasteiger charge is 2.16. The average molecular weight is 362 g/mol. The van der Waals surface area contributed by atoms with Crippen LogP contribution < -0.4 is 5.32 Å². The van der Waals surface area contributed by atoms with E-state index in [1.54, 1.807) is 12.3 Å². The topological polar surface area (TPSA) is 68.0 Å². The number of hydrogen-bond donors (Lipinski definition) is 1. The van der Waals surface area contributed by atoms with E-state index >= 15 is 0 Å². The molecule has 0 aliphatic rings. The maximum Gasteiger partial charge on any atom is 0.254 e. The zero-order valence-electron chi connectivity index (χ0n) is 15.5. The number of nitrogens with one attached hydrogen (secondary N) is 1. The zero-order valence-corrected chi connectivity index (χ0v) is 16.3. The Morgan fingerprint density at radius 3 is 2.84 bits per heavy atom. The van der Waals surface area contributed by atoms with Crippen molar-refractivity contribution in [1.29, 1.82) is 0 Å². The van der Waals surface area contributed by atoms with Crippen LogP contribution in [-0.4, -0.2) is 22.1 Å². The van der Waals surface area contributed by atoms with Gasteiger partial charge in [-0.1, -0.05) is 31.3 Å². The van der Waals surface area contributed by atoms with E-state index in [9.17, 15) is 4.79 Å². The van der Waals surface area contributed by atoms with E-state index in [-0.39, 0.29) is 11.9 Å². The Labute approximate surface area is 154 Å². The van der Waals surface area contributed by atoms with Gasteiger partial charge in [0.05, 0.1) is 11.3 Å². The Kier molecular flexibility index (Phi) is 7.50. The van der Waals surface area contributed by atoms with E-state index in [1.165, 1.54) is 24.6 Å². The van der Waals surface area contributed by atoms with Crippen LogP contribution in [0.25, 0.3) is 0 Å². The molecule has 5 nitrogen and oxygen atoms in total. The van der Waals surface area contributed by atoms with Gasteiger partial charge in [-0.05, 0) is 39.3 Å². The molecule has 0 unspecified atom stereocenters. The van der Waals surface area contributed by atoms with E-state index in [0.717, 1.165) is 34.9 Å². The number of pyridine rings is 1. The highest BCUT2D eigenvalue weighted by atomic mass is 32.2. The number of nitrogens with zero attached hydrogens (tertiary/aromatic N) is 2. The molecule has 6 heteroatoms. The standard InChI is InChI=1S/C19H27N3O2S/c1-5-6-7-9-13(2)21-18(23)16-10-8-11-20-19(16)25-12-17-14(3)22-24-15(17)4/h8,10-11,13H,5-7,9,12H2,1-4H3,(H,21,23)/t13-/m1/s1. The number of rotatable bonds is 9. The van der Waals surface area contributed by atoms with Crippen LogP contribution in [0.15, 0.2) is 27.9 Å². The van der Waals surface area contributed by atoms with E-state index in [0.29, 0.717) is 11.3 Å². The lowest BCUT2D eigenvalue weighted by atomic mass is 10.1. The third kappa shape index (κ3) is 5.59. The number of aromatic nitrogens is 2. The molecule has 2 aromatic rings. The summed E-state index contributed by atoms with van der Waals surface area (Å²) in [7, 11) is 0. The van der Waals surface area contributed by atoms with Crippen LogP contribution in [0.4, 0.5) is 0 Å². The number of thioether (sulfide) groups is 1. The van der Waals surface area contributed by atoms with Crippen molar-refractivity contribution in [3.05, 3.63) is 40.9 Å². The fourth-order valence-corrected chi connectivity index (χ4v) is 3.75. The molecule has 0 spiro atoms. The van der Waals surface area contributed by atoms with Gasteiger partial charge in [0.2, 0.25) is 0 Å². The van der Waals surface area contributed by atoms with Gasteiger partial charge in [0.15, 0.2) is 0 Å². The largest absolute Gasteiger partial charge is 0.361 e. The van der Waals surface area contributed by atoms with Gasteiger partial charge in [-0.25, -0.2) is 4.98 Å². The van der Waals surface area contributed by atoms with Gasteiger partial charge in [-0.15, -0.1) is 11.8 Å². The quantitative estimate of drug-likeness (QED) is 0.519. The van der Waals surface area contributed by atoms with Gasteiger partial charge < -0.3 is 9.84 Å². The highest BCUT2D eigenvalue weighted by Crippen LogP contribution is 2.27. The number of amides is 1. The summed E-state index contributed by atoms with van der Waals surface area (Å²) in [6, 6.07) is 3.80. The summed E-state index contributed by atoms with van der Waals surface area (Å²) in [6.45, 7) is 8.07. The summed E-state index contributed by atoms with van der Waals surface area (Å²) in [4.78, 5) is 17.0. The van der Waals surface area contributed by atoms with Crippen molar-refractivity contribution in [3.8, 4) is 0 Å². The maximum absolute atomic E-state index is 12.6. The number of aryl methyl sites for hydroxylation is 2. The van der Waals surface area contributed by atoms with Crippen LogP contribution >= 0.6 is 11.8 Å². The number of carbonyl (C=O) groups excluding carboxylic acids is 1. The molecule has 0 bridgehead atoms. The van der Waals surface area contributed by atoms with Crippen molar-refractivity contribution >= 4 is 17.7 Å². The van der Waals surface area contributed by atoms with Gasteiger partial charge >= 0.3 is 0 Å². The van der Waals surface area contributed by atoms with E-state index < -0.39 is 0 Å². The highest BCUT2D eigenvalue weighted by molar-refractivity contribution is 7.98. The second-order valence-corrected chi connectivity index (χ2v) is 7.28. The van der Waals surface area contributed by atoms with Crippen LogP contribution in [0.5, 0.6) is 0 Å². The molecule has 0 aliphatic carbocycles. The van der Waals surface area contributed by atoms with Crippen LogP contribution in [0.2, 0.25) is 0 Å². The van der Waals surface area contributed by atoms with E-state index in [4.69, 9.17) is 4.52 Å². The number of hydrogen-bond acceptors (Lipinski definition) is 5. The molecule has 0 aromatic carbocycles. The predicted molar refractivity (Wildman–Crippen MR) is 101 cm³/mol.